The van der Waals surface area contributed by atoms with E-state index in [4.69, 9.17) is 11.5 Å². The van der Waals surface area contributed by atoms with E-state index >= 15 is 0 Å². The summed E-state index contributed by atoms with van der Waals surface area (Å²) in [7, 11) is 0. The molecule has 4 N–H and O–H groups in total. The summed E-state index contributed by atoms with van der Waals surface area (Å²) in [5.41, 5.74) is 14.6. The Kier molecular flexibility index (Phi) is 4.79. The van der Waals surface area contributed by atoms with E-state index in [2.05, 4.69) is 31.2 Å². The van der Waals surface area contributed by atoms with Gasteiger partial charge >= 0.3 is 0 Å². The zero-order valence-electron chi connectivity index (χ0n) is 11.4. The van der Waals surface area contributed by atoms with Gasteiger partial charge in [-0.1, -0.05) is 50.5 Å². The lowest BCUT2D eigenvalue weighted by atomic mass is 9.83. The molecule has 1 aliphatic rings. The Balaban J connectivity index is 2.04. The number of hydrogen-bond acceptors (Lipinski definition) is 2. The highest BCUT2D eigenvalue weighted by Crippen LogP contribution is 2.33. The molecule has 100 valence electrons. The molecular formula is C16H26N2. The third-order valence-electron chi connectivity index (χ3n) is 4.38. The molecule has 0 heterocycles. The molecule has 0 aromatic heterocycles. The molecule has 0 saturated heterocycles. The molecule has 0 radical (unpaired) electrons. The van der Waals surface area contributed by atoms with Crippen LogP contribution in [0.4, 0.5) is 0 Å². The average molecular weight is 246 g/mol. The standard InChI is InChI=1S/C16H26N2/c1-12(11-17)16(18)15-9-7-14(8-10-15)13-5-3-2-4-6-13/h7-10,12-13,16H,2-6,11,17-18H2,1H3. The summed E-state index contributed by atoms with van der Waals surface area (Å²) < 4.78 is 0. The maximum atomic E-state index is 6.20. The van der Waals surface area contributed by atoms with Gasteiger partial charge in [-0.3, -0.25) is 0 Å². The molecule has 2 nitrogen and oxygen atoms in total. The SMILES string of the molecule is CC(CN)C(N)c1ccc(C2CCCCC2)cc1. The maximum absolute atomic E-state index is 6.20. The Bertz CT molecular complexity index is 331. The molecule has 2 rings (SSSR count). The second-order valence-corrected chi connectivity index (χ2v) is 5.74. The summed E-state index contributed by atoms with van der Waals surface area (Å²) in [5, 5.41) is 0. The van der Waals surface area contributed by atoms with Crippen LogP contribution in [0.25, 0.3) is 0 Å². The lowest BCUT2D eigenvalue weighted by molar-refractivity contribution is 0.443. The normalized spacial score (nSPS) is 20.6. The van der Waals surface area contributed by atoms with Crippen LogP contribution in [0.15, 0.2) is 24.3 Å². The molecule has 0 amide bonds. The highest BCUT2D eigenvalue weighted by Gasteiger charge is 2.17. The third-order valence-corrected chi connectivity index (χ3v) is 4.38. The van der Waals surface area contributed by atoms with E-state index in [-0.39, 0.29) is 6.04 Å². The minimum Gasteiger partial charge on any atom is -0.330 e. The topological polar surface area (TPSA) is 52.0 Å². The zero-order valence-corrected chi connectivity index (χ0v) is 11.4. The molecule has 1 aromatic rings. The van der Waals surface area contributed by atoms with Crippen LogP contribution in [0.3, 0.4) is 0 Å². The summed E-state index contributed by atoms with van der Waals surface area (Å²) in [6.07, 6.45) is 6.88. The van der Waals surface area contributed by atoms with Crippen LogP contribution in [-0.4, -0.2) is 6.54 Å². The number of benzene rings is 1. The van der Waals surface area contributed by atoms with Crippen molar-refractivity contribution in [2.75, 3.05) is 6.54 Å². The van der Waals surface area contributed by atoms with E-state index in [1.807, 2.05) is 0 Å². The molecule has 0 aliphatic heterocycles. The molecule has 1 aliphatic carbocycles. The Labute approximate surface area is 111 Å². The smallest absolute Gasteiger partial charge is 0.0332 e. The van der Waals surface area contributed by atoms with Gasteiger partial charge < -0.3 is 11.5 Å². The fourth-order valence-corrected chi connectivity index (χ4v) is 2.90. The predicted octanol–water partition coefficient (Wildman–Crippen LogP) is 3.33. The molecular weight excluding hydrogens is 220 g/mol. The van der Waals surface area contributed by atoms with Gasteiger partial charge in [0.2, 0.25) is 0 Å². The monoisotopic (exact) mass is 246 g/mol. The van der Waals surface area contributed by atoms with Crippen molar-refractivity contribution in [2.45, 2.75) is 51.0 Å². The van der Waals surface area contributed by atoms with Crippen molar-refractivity contribution in [1.29, 1.82) is 0 Å². The van der Waals surface area contributed by atoms with Gasteiger partial charge in [0.15, 0.2) is 0 Å². The lowest BCUT2D eigenvalue weighted by Crippen LogP contribution is -2.25. The summed E-state index contributed by atoms with van der Waals surface area (Å²) >= 11 is 0. The zero-order chi connectivity index (χ0) is 13.0. The second-order valence-electron chi connectivity index (χ2n) is 5.74. The van der Waals surface area contributed by atoms with Crippen LogP contribution >= 0.6 is 0 Å². The van der Waals surface area contributed by atoms with Crippen molar-refractivity contribution >= 4 is 0 Å². The molecule has 18 heavy (non-hydrogen) atoms. The summed E-state index contributed by atoms with van der Waals surface area (Å²) in [4.78, 5) is 0. The highest BCUT2D eigenvalue weighted by molar-refractivity contribution is 5.28. The van der Waals surface area contributed by atoms with Gasteiger partial charge in [-0.05, 0) is 42.3 Å². The number of hydrogen-bond donors (Lipinski definition) is 2. The van der Waals surface area contributed by atoms with E-state index in [1.165, 1.54) is 43.2 Å². The van der Waals surface area contributed by atoms with Crippen LogP contribution in [0, 0.1) is 5.92 Å². The van der Waals surface area contributed by atoms with Gasteiger partial charge in [0.1, 0.15) is 0 Å². The summed E-state index contributed by atoms with van der Waals surface area (Å²) in [5.74, 6) is 1.11. The van der Waals surface area contributed by atoms with Gasteiger partial charge in [0, 0.05) is 6.04 Å². The first kappa shape index (κ1) is 13.6. The first-order chi connectivity index (χ1) is 8.72. The number of rotatable bonds is 4. The Morgan fingerprint density at radius 1 is 1.11 bits per heavy atom. The molecule has 2 unspecified atom stereocenters. The van der Waals surface area contributed by atoms with Crippen LogP contribution in [-0.2, 0) is 0 Å². The molecule has 1 aromatic carbocycles. The molecule has 1 saturated carbocycles. The quantitative estimate of drug-likeness (QED) is 0.856. The van der Waals surface area contributed by atoms with Gasteiger partial charge in [-0.2, -0.15) is 0 Å². The van der Waals surface area contributed by atoms with Gasteiger partial charge in [0.25, 0.3) is 0 Å². The van der Waals surface area contributed by atoms with E-state index in [0.717, 1.165) is 5.92 Å². The largest absolute Gasteiger partial charge is 0.330 e. The van der Waals surface area contributed by atoms with Crippen molar-refractivity contribution in [3.05, 3.63) is 35.4 Å². The molecule has 2 heteroatoms. The van der Waals surface area contributed by atoms with Crippen LogP contribution in [0.2, 0.25) is 0 Å². The van der Waals surface area contributed by atoms with Crippen molar-refractivity contribution in [2.24, 2.45) is 17.4 Å². The van der Waals surface area contributed by atoms with E-state index in [1.54, 1.807) is 0 Å². The minimum atomic E-state index is 0.0652. The van der Waals surface area contributed by atoms with Crippen molar-refractivity contribution in [3.63, 3.8) is 0 Å². The fraction of sp³-hybridized carbons (Fsp3) is 0.625. The Morgan fingerprint density at radius 3 is 2.28 bits per heavy atom. The van der Waals surface area contributed by atoms with Crippen molar-refractivity contribution in [1.82, 2.24) is 0 Å². The predicted molar refractivity (Wildman–Crippen MR) is 77.4 cm³/mol. The van der Waals surface area contributed by atoms with Gasteiger partial charge in [-0.15, -0.1) is 0 Å². The van der Waals surface area contributed by atoms with Crippen LogP contribution in [0.1, 0.15) is 62.1 Å². The average Bonchev–Trinajstić information content (AvgIpc) is 2.47. The summed E-state index contributed by atoms with van der Waals surface area (Å²) in [6.45, 7) is 2.76. The number of nitrogens with two attached hydrogens (primary N) is 2. The molecule has 0 bridgehead atoms. The molecule has 0 spiro atoms. The maximum Gasteiger partial charge on any atom is 0.0332 e. The van der Waals surface area contributed by atoms with E-state index in [0.29, 0.717) is 12.5 Å². The first-order valence-electron chi connectivity index (χ1n) is 7.28. The summed E-state index contributed by atoms with van der Waals surface area (Å²) in [6, 6.07) is 9.00. The van der Waals surface area contributed by atoms with Crippen LogP contribution < -0.4 is 11.5 Å². The van der Waals surface area contributed by atoms with Gasteiger partial charge in [-0.25, -0.2) is 0 Å². The fourth-order valence-electron chi connectivity index (χ4n) is 2.90. The Hall–Kier alpha value is -0.860. The van der Waals surface area contributed by atoms with E-state index in [9.17, 15) is 0 Å². The van der Waals surface area contributed by atoms with E-state index < -0.39 is 0 Å². The molecule has 2 atom stereocenters. The van der Waals surface area contributed by atoms with Crippen molar-refractivity contribution < 1.29 is 0 Å². The van der Waals surface area contributed by atoms with Crippen LogP contribution in [0.5, 0.6) is 0 Å². The molecule has 1 fully saturated rings. The van der Waals surface area contributed by atoms with Crippen molar-refractivity contribution in [3.8, 4) is 0 Å². The third kappa shape index (κ3) is 3.12. The second kappa shape index (κ2) is 6.35. The van der Waals surface area contributed by atoms with Gasteiger partial charge in [0.05, 0.1) is 0 Å². The first-order valence-corrected chi connectivity index (χ1v) is 7.28. The Morgan fingerprint density at radius 2 is 1.72 bits per heavy atom. The highest BCUT2D eigenvalue weighted by atomic mass is 14.7. The lowest BCUT2D eigenvalue weighted by Gasteiger charge is -2.23. The minimum absolute atomic E-state index is 0.0652.